The predicted octanol–water partition coefficient (Wildman–Crippen LogP) is 2.19. The minimum Gasteiger partial charge on any atom is -0.352 e. The fourth-order valence-corrected chi connectivity index (χ4v) is 3.40. The molecule has 1 N–H and O–H groups in total. The van der Waals surface area contributed by atoms with E-state index < -0.39 is 5.54 Å². The van der Waals surface area contributed by atoms with Gasteiger partial charge in [-0.1, -0.05) is 13.3 Å². The van der Waals surface area contributed by atoms with Crippen molar-refractivity contribution in [3.63, 3.8) is 0 Å². The Bertz CT molecular complexity index is 497. The van der Waals surface area contributed by atoms with E-state index in [0.717, 1.165) is 16.2 Å². The lowest BCUT2D eigenvalue weighted by Crippen LogP contribution is -2.64. The van der Waals surface area contributed by atoms with Gasteiger partial charge >= 0.3 is 0 Å². The average Bonchev–Trinajstić information content (AvgIpc) is 2.79. The maximum absolute atomic E-state index is 12.6. The number of rotatable bonds is 3. The lowest BCUT2D eigenvalue weighted by molar-refractivity contribution is -0.134. The average molecular weight is 280 g/mol. The first-order valence-corrected chi connectivity index (χ1v) is 7.47. The van der Waals surface area contributed by atoms with Gasteiger partial charge in [-0.05, 0) is 32.4 Å². The molecule has 1 aliphatic rings. The van der Waals surface area contributed by atoms with Crippen LogP contribution in [-0.2, 0) is 4.79 Å². The van der Waals surface area contributed by atoms with Gasteiger partial charge in [0.1, 0.15) is 5.54 Å². The van der Waals surface area contributed by atoms with Crippen LogP contribution in [0.2, 0.25) is 0 Å². The summed E-state index contributed by atoms with van der Waals surface area (Å²) in [7, 11) is 0. The summed E-state index contributed by atoms with van der Waals surface area (Å²) in [6.45, 7) is 7.00. The molecule has 1 aliphatic heterocycles. The smallest absolute Gasteiger partial charge is 0.264 e. The Morgan fingerprint density at radius 3 is 2.84 bits per heavy atom. The number of thiophene rings is 1. The van der Waals surface area contributed by atoms with E-state index >= 15 is 0 Å². The molecular weight excluding hydrogens is 260 g/mol. The number of amides is 2. The zero-order valence-corrected chi connectivity index (χ0v) is 12.5. The molecule has 1 fully saturated rings. The van der Waals surface area contributed by atoms with Crippen molar-refractivity contribution in [3.8, 4) is 0 Å². The molecule has 5 heteroatoms. The second kappa shape index (κ2) is 5.33. The molecule has 104 valence electrons. The topological polar surface area (TPSA) is 49.4 Å². The fourth-order valence-electron chi connectivity index (χ4n) is 2.58. The maximum atomic E-state index is 12.6. The van der Waals surface area contributed by atoms with Crippen LogP contribution in [0.3, 0.4) is 0 Å². The number of carbonyl (C=O) groups is 2. The summed E-state index contributed by atoms with van der Waals surface area (Å²) in [6.07, 6.45) is 1.56. The van der Waals surface area contributed by atoms with Crippen LogP contribution >= 0.6 is 11.3 Å². The normalized spacial score (nSPS) is 23.3. The van der Waals surface area contributed by atoms with Crippen LogP contribution in [0.4, 0.5) is 0 Å². The highest BCUT2D eigenvalue weighted by Crippen LogP contribution is 2.28. The molecule has 1 aromatic rings. The number of nitrogens with zero attached hydrogens (tertiary/aromatic N) is 1. The monoisotopic (exact) mass is 280 g/mol. The molecular formula is C14H20N2O2S. The van der Waals surface area contributed by atoms with Gasteiger partial charge in [0.05, 0.1) is 4.88 Å². The lowest BCUT2D eigenvalue weighted by atomic mass is 9.90. The Kier molecular flexibility index (Phi) is 3.94. The van der Waals surface area contributed by atoms with Crippen molar-refractivity contribution in [1.82, 2.24) is 10.2 Å². The van der Waals surface area contributed by atoms with Gasteiger partial charge in [0, 0.05) is 18.0 Å². The van der Waals surface area contributed by atoms with E-state index in [9.17, 15) is 9.59 Å². The van der Waals surface area contributed by atoms with E-state index in [0.29, 0.717) is 19.5 Å². The lowest BCUT2D eigenvalue weighted by Gasteiger charge is -2.43. The molecule has 1 unspecified atom stereocenters. The van der Waals surface area contributed by atoms with Crippen LogP contribution in [-0.4, -0.2) is 35.3 Å². The van der Waals surface area contributed by atoms with Crippen molar-refractivity contribution >= 4 is 23.2 Å². The third-order valence-electron chi connectivity index (χ3n) is 3.64. The second-order valence-corrected chi connectivity index (χ2v) is 6.43. The zero-order chi connectivity index (χ0) is 14.0. The van der Waals surface area contributed by atoms with Crippen molar-refractivity contribution in [1.29, 1.82) is 0 Å². The van der Waals surface area contributed by atoms with Crippen LogP contribution < -0.4 is 5.32 Å². The Hall–Kier alpha value is -1.36. The van der Waals surface area contributed by atoms with Crippen molar-refractivity contribution in [2.45, 2.75) is 39.2 Å². The molecule has 1 aromatic heterocycles. The van der Waals surface area contributed by atoms with Gasteiger partial charge in [-0.2, -0.15) is 0 Å². The highest BCUT2D eigenvalue weighted by atomic mass is 32.1. The highest BCUT2D eigenvalue weighted by Gasteiger charge is 2.44. The van der Waals surface area contributed by atoms with Gasteiger partial charge < -0.3 is 10.2 Å². The van der Waals surface area contributed by atoms with Gasteiger partial charge in [-0.15, -0.1) is 11.3 Å². The molecule has 1 saturated heterocycles. The summed E-state index contributed by atoms with van der Waals surface area (Å²) >= 11 is 1.49. The molecule has 0 aromatic carbocycles. The molecule has 2 amide bonds. The maximum Gasteiger partial charge on any atom is 0.264 e. The van der Waals surface area contributed by atoms with E-state index in [1.165, 1.54) is 11.3 Å². The van der Waals surface area contributed by atoms with Crippen molar-refractivity contribution in [3.05, 3.63) is 21.9 Å². The van der Waals surface area contributed by atoms with Crippen LogP contribution in [0.1, 0.15) is 41.2 Å². The number of nitrogens with one attached hydrogen (secondary N) is 1. The largest absolute Gasteiger partial charge is 0.352 e. The van der Waals surface area contributed by atoms with E-state index in [1.807, 2.05) is 32.9 Å². The number of aryl methyl sites for hydroxylation is 1. The molecule has 0 saturated carbocycles. The number of carbonyl (C=O) groups excluding carboxylic acids is 2. The van der Waals surface area contributed by atoms with Crippen LogP contribution in [0.15, 0.2) is 12.1 Å². The first kappa shape index (κ1) is 14.1. The molecule has 2 heterocycles. The Labute approximate surface area is 117 Å². The van der Waals surface area contributed by atoms with Gasteiger partial charge in [-0.25, -0.2) is 0 Å². The third-order valence-corrected chi connectivity index (χ3v) is 4.63. The summed E-state index contributed by atoms with van der Waals surface area (Å²) in [5, 5.41) is 2.87. The van der Waals surface area contributed by atoms with Gasteiger partial charge in [0.2, 0.25) is 5.91 Å². The van der Waals surface area contributed by atoms with Crippen LogP contribution in [0.5, 0.6) is 0 Å². The molecule has 1 atom stereocenters. The highest BCUT2D eigenvalue weighted by molar-refractivity contribution is 7.13. The first-order valence-electron chi connectivity index (χ1n) is 6.65. The third kappa shape index (κ3) is 2.52. The SMILES string of the molecule is CCCC1(C)C(=O)NCCN1C(=O)c1ccc(C)s1. The Morgan fingerprint density at radius 2 is 2.26 bits per heavy atom. The number of piperazine rings is 1. The van der Waals surface area contributed by atoms with E-state index in [-0.39, 0.29) is 11.8 Å². The van der Waals surface area contributed by atoms with Crippen molar-refractivity contribution in [2.75, 3.05) is 13.1 Å². The van der Waals surface area contributed by atoms with Crippen LogP contribution in [0, 0.1) is 6.92 Å². The summed E-state index contributed by atoms with van der Waals surface area (Å²) in [6, 6.07) is 3.79. The van der Waals surface area contributed by atoms with Crippen molar-refractivity contribution < 1.29 is 9.59 Å². The molecule has 0 bridgehead atoms. The van der Waals surface area contributed by atoms with E-state index in [4.69, 9.17) is 0 Å². The Morgan fingerprint density at radius 1 is 1.53 bits per heavy atom. The molecule has 0 radical (unpaired) electrons. The first-order chi connectivity index (χ1) is 8.99. The fraction of sp³-hybridized carbons (Fsp3) is 0.571. The summed E-state index contributed by atoms with van der Waals surface area (Å²) in [4.78, 5) is 28.3. The summed E-state index contributed by atoms with van der Waals surface area (Å²) in [5.41, 5.74) is -0.720. The van der Waals surface area contributed by atoms with Gasteiger partial charge in [-0.3, -0.25) is 9.59 Å². The quantitative estimate of drug-likeness (QED) is 0.922. The minimum atomic E-state index is -0.720. The minimum absolute atomic E-state index is 0.0242. The predicted molar refractivity (Wildman–Crippen MR) is 76.4 cm³/mol. The van der Waals surface area contributed by atoms with Crippen molar-refractivity contribution in [2.24, 2.45) is 0 Å². The van der Waals surface area contributed by atoms with Gasteiger partial charge in [0.25, 0.3) is 5.91 Å². The van der Waals surface area contributed by atoms with Gasteiger partial charge in [0.15, 0.2) is 0 Å². The number of hydrogen-bond acceptors (Lipinski definition) is 3. The zero-order valence-electron chi connectivity index (χ0n) is 11.7. The molecule has 0 spiro atoms. The molecule has 2 rings (SSSR count). The summed E-state index contributed by atoms with van der Waals surface area (Å²) in [5.74, 6) is -0.0638. The molecule has 0 aliphatic carbocycles. The van der Waals surface area contributed by atoms with E-state index in [1.54, 1.807) is 4.90 Å². The van der Waals surface area contributed by atoms with Crippen LogP contribution in [0.25, 0.3) is 0 Å². The van der Waals surface area contributed by atoms with E-state index in [2.05, 4.69) is 5.32 Å². The summed E-state index contributed by atoms with van der Waals surface area (Å²) < 4.78 is 0. The molecule has 4 nitrogen and oxygen atoms in total. The number of hydrogen-bond donors (Lipinski definition) is 1. The Balaban J connectivity index is 2.30. The standard InChI is InChI=1S/C14H20N2O2S/c1-4-7-14(3)13(18)15-8-9-16(14)12(17)11-6-5-10(2)19-11/h5-6H,4,7-9H2,1-3H3,(H,15,18). The molecule has 19 heavy (non-hydrogen) atoms. The second-order valence-electron chi connectivity index (χ2n) is 5.15.